The summed E-state index contributed by atoms with van der Waals surface area (Å²) >= 11 is 1.24. The Bertz CT molecular complexity index is 548. The second-order valence-corrected chi connectivity index (χ2v) is 4.49. The van der Waals surface area contributed by atoms with Crippen molar-refractivity contribution in [3.63, 3.8) is 0 Å². The predicted octanol–water partition coefficient (Wildman–Crippen LogP) is 3.08. The molecule has 5 heteroatoms. The minimum Gasteiger partial charge on any atom is -0.294 e. The fourth-order valence-electron chi connectivity index (χ4n) is 1.44. The zero-order chi connectivity index (χ0) is 12.3. The molecule has 4 nitrogen and oxygen atoms in total. The summed E-state index contributed by atoms with van der Waals surface area (Å²) < 4.78 is 0. The lowest BCUT2D eigenvalue weighted by atomic mass is 10.1. The van der Waals surface area contributed by atoms with Crippen molar-refractivity contribution in [3.05, 3.63) is 62.3 Å². The lowest BCUT2D eigenvalue weighted by Crippen LogP contribution is -2.01. The summed E-state index contributed by atoms with van der Waals surface area (Å²) in [4.78, 5) is 22.6. The highest BCUT2D eigenvalue weighted by molar-refractivity contribution is 7.10. The molecule has 0 aliphatic heterocycles. The molecule has 1 aromatic carbocycles. The molecule has 0 amide bonds. The molecule has 0 N–H and O–H groups in total. The molecule has 0 saturated heterocycles. The van der Waals surface area contributed by atoms with Gasteiger partial charge < -0.3 is 0 Å². The summed E-state index contributed by atoms with van der Waals surface area (Å²) in [6.45, 7) is 0. The Kier molecular flexibility index (Phi) is 3.30. The zero-order valence-corrected chi connectivity index (χ0v) is 9.65. The first-order valence-corrected chi connectivity index (χ1v) is 5.85. The Morgan fingerprint density at radius 2 is 2.00 bits per heavy atom. The van der Waals surface area contributed by atoms with E-state index in [1.165, 1.54) is 22.8 Å². The van der Waals surface area contributed by atoms with Crippen molar-refractivity contribution in [2.75, 3.05) is 0 Å². The molecular weight excluding hydrogens is 238 g/mol. The zero-order valence-electron chi connectivity index (χ0n) is 8.83. The maximum Gasteiger partial charge on any atom is 0.280 e. The van der Waals surface area contributed by atoms with Crippen LogP contribution in [0.15, 0.2) is 41.8 Å². The molecule has 0 unspecified atom stereocenters. The van der Waals surface area contributed by atoms with E-state index >= 15 is 0 Å². The van der Waals surface area contributed by atoms with Crippen molar-refractivity contribution in [1.82, 2.24) is 0 Å². The summed E-state index contributed by atoms with van der Waals surface area (Å²) in [5.41, 5.74) is 0.675. The Hall–Kier alpha value is -2.01. The minimum absolute atomic E-state index is 0.0256. The van der Waals surface area contributed by atoms with Crippen LogP contribution >= 0.6 is 11.3 Å². The first-order chi connectivity index (χ1) is 8.16. The van der Waals surface area contributed by atoms with Crippen LogP contribution in [0.5, 0.6) is 0 Å². The van der Waals surface area contributed by atoms with Crippen LogP contribution < -0.4 is 0 Å². The van der Waals surface area contributed by atoms with Gasteiger partial charge in [0.2, 0.25) is 0 Å². The van der Waals surface area contributed by atoms with E-state index in [1.807, 2.05) is 6.07 Å². The standard InChI is InChI=1S/C12H9NO3S/c14-12(9-4-2-1-3-5-9)7-11-6-10(8-17-11)13(15)16/h1-6,8H,7H2. The number of carbonyl (C=O) groups is 1. The average molecular weight is 247 g/mol. The number of hydrogen-bond acceptors (Lipinski definition) is 4. The van der Waals surface area contributed by atoms with Gasteiger partial charge in [-0.05, 0) is 0 Å². The van der Waals surface area contributed by atoms with Gasteiger partial charge in [-0.3, -0.25) is 14.9 Å². The van der Waals surface area contributed by atoms with Crippen molar-refractivity contribution in [2.24, 2.45) is 0 Å². The van der Waals surface area contributed by atoms with Crippen LogP contribution in [0.2, 0.25) is 0 Å². The monoisotopic (exact) mass is 247 g/mol. The summed E-state index contributed by atoms with van der Waals surface area (Å²) in [5.74, 6) is -0.0256. The van der Waals surface area contributed by atoms with Crippen molar-refractivity contribution in [3.8, 4) is 0 Å². The summed E-state index contributed by atoms with van der Waals surface area (Å²) in [6, 6.07) is 10.4. The molecule has 1 aromatic heterocycles. The van der Waals surface area contributed by atoms with E-state index in [9.17, 15) is 14.9 Å². The van der Waals surface area contributed by atoms with Gasteiger partial charge in [-0.25, -0.2) is 0 Å². The van der Waals surface area contributed by atoms with Gasteiger partial charge in [0, 0.05) is 22.9 Å². The molecule has 1 heterocycles. The van der Waals surface area contributed by atoms with Crippen molar-refractivity contribution in [1.29, 1.82) is 0 Å². The van der Waals surface area contributed by atoms with Gasteiger partial charge in [0.15, 0.2) is 5.78 Å². The maximum atomic E-state index is 11.8. The number of thiophene rings is 1. The first kappa shape index (κ1) is 11.5. The third kappa shape index (κ3) is 2.76. The molecule has 0 radical (unpaired) electrons. The fraction of sp³-hybridized carbons (Fsp3) is 0.0833. The molecule has 0 saturated carbocycles. The van der Waals surface area contributed by atoms with Crippen LogP contribution in [0, 0.1) is 10.1 Å². The quantitative estimate of drug-likeness (QED) is 0.474. The number of rotatable bonds is 4. The fourth-order valence-corrected chi connectivity index (χ4v) is 2.27. The van der Waals surface area contributed by atoms with Gasteiger partial charge >= 0.3 is 0 Å². The number of Topliss-reactive ketones (excluding diaryl/α,β-unsaturated/α-hetero) is 1. The SMILES string of the molecule is O=C(Cc1cc([N+](=O)[O-])cs1)c1ccccc1. The maximum absolute atomic E-state index is 11.8. The van der Waals surface area contributed by atoms with Gasteiger partial charge in [0.05, 0.1) is 10.3 Å². The number of carbonyl (C=O) groups excluding carboxylic acids is 1. The first-order valence-electron chi connectivity index (χ1n) is 4.97. The molecule has 2 rings (SSSR count). The molecule has 0 aliphatic rings. The second kappa shape index (κ2) is 4.88. The Balaban J connectivity index is 2.11. The van der Waals surface area contributed by atoms with Gasteiger partial charge in [0.25, 0.3) is 5.69 Å². The molecule has 17 heavy (non-hydrogen) atoms. The van der Waals surface area contributed by atoms with Crippen LogP contribution in [-0.2, 0) is 6.42 Å². The molecule has 0 spiro atoms. The smallest absolute Gasteiger partial charge is 0.280 e. The topological polar surface area (TPSA) is 60.2 Å². The summed E-state index contributed by atoms with van der Waals surface area (Å²) in [5, 5.41) is 11.9. The number of nitro groups is 1. The molecule has 2 aromatic rings. The predicted molar refractivity (Wildman–Crippen MR) is 65.4 cm³/mol. The normalized spacial score (nSPS) is 10.1. The lowest BCUT2D eigenvalue weighted by Gasteiger charge is -1.97. The van der Waals surface area contributed by atoms with E-state index in [4.69, 9.17) is 0 Å². The van der Waals surface area contributed by atoms with E-state index in [0.717, 1.165) is 0 Å². The van der Waals surface area contributed by atoms with Crippen LogP contribution in [0.4, 0.5) is 5.69 Å². The number of ketones is 1. The van der Waals surface area contributed by atoms with Crippen molar-refractivity contribution < 1.29 is 9.72 Å². The van der Waals surface area contributed by atoms with Crippen molar-refractivity contribution in [2.45, 2.75) is 6.42 Å². The number of hydrogen-bond donors (Lipinski definition) is 0. The highest BCUT2D eigenvalue weighted by Gasteiger charge is 2.12. The largest absolute Gasteiger partial charge is 0.294 e. The van der Waals surface area contributed by atoms with E-state index < -0.39 is 4.92 Å². The minimum atomic E-state index is -0.451. The van der Waals surface area contributed by atoms with E-state index in [-0.39, 0.29) is 17.9 Å². The van der Waals surface area contributed by atoms with E-state index in [2.05, 4.69) is 0 Å². The molecule has 86 valence electrons. The molecular formula is C12H9NO3S. The third-order valence-electron chi connectivity index (χ3n) is 2.28. The van der Waals surface area contributed by atoms with Gasteiger partial charge in [-0.15, -0.1) is 11.3 Å². The van der Waals surface area contributed by atoms with Crippen LogP contribution in [0.3, 0.4) is 0 Å². The highest BCUT2D eigenvalue weighted by atomic mass is 32.1. The Morgan fingerprint density at radius 3 is 2.59 bits per heavy atom. The van der Waals surface area contributed by atoms with Gasteiger partial charge in [0.1, 0.15) is 0 Å². The second-order valence-electron chi connectivity index (χ2n) is 3.49. The summed E-state index contributed by atoms with van der Waals surface area (Å²) in [6.07, 6.45) is 0.211. The van der Waals surface area contributed by atoms with Crippen LogP contribution in [-0.4, -0.2) is 10.7 Å². The van der Waals surface area contributed by atoms with Crippen LogP contribution in [0.25, 0.3) is 0 Å². The van der Waals surface area contributed by atoms with Gasteiger partial charge in [-0.1, -0.05) is 30.3 Å². The highest BCUT2D eigenvalue weighted by Crippen LogP contribution is 2.22. The molecule has 0 atom stereocenters. The Morgan fingerprint density at radius 1 is 1.29 bits per heavy atom. The number of nitrogens with zero attached hydrogens (tertiary/aromatic N) is 1. The van der Waals surface area contributed by atoms with E-state index in [0.29, 0.717) is 10.4 Å². The lowest BCUT2D eigenvalue weighted by molar-refractivity contribution is -0.384. The molecule has 0 fully saturated rings. The van der Waals surface area contributed by atoms with Crippen molar-refractivity contribution >= 4 is 22.8 Å². The number of benzene rings is 1. The Labute approximate surface area is 102 Å². The average Bonchev–Trinajstić information content (AvgIpc) is 2.79. The summed E-state index contributed by atoms with van der Waals surface area (Å²) in [7, 11) is 0. The van der Waals surface area contributed by atoms with Crippen LogP contribution in [0.1, 0.15) is 15.2 Å². The molecule has 0 aliphatic carbocycles. The molecule has 0 bridgehead atoms. The third-order valence-corrected chi connectivity index (χ3v) is 3.21. The van der Waals surface area contributed by atoms with E-state index in [1.54, 1.807) is 24.3 Å². The van der Waals surface area contributed by atoms with Gasteiger partial charge in [-0.2, -0.15) is 0 Å².